The molecule has 5 aliphatic rings. The van der Waals surface area contributed by atoms with Gasteiger partial charge >= 0.3 is 6.03 Å². The number of nitrogen functional groups attached to an aromatic ring is 2. The molecule has 18 nitrogen and oxygen atoms in total. The van der Waals surface area contributed by atoms with Crippen molar-refractivity contribution in [3.8, 4) is 11.5 Å². The number of carbonyl (C=O) groups excluding carboxylic acids is 4. The second-order valence-electron chi connectivity index (χ2n) is 18.9. The zero-order valence-electron chi connectivity index (χ0n) is 40.5. The van der Waals surface area contributed by atoms with Crippen molar-refractivity contribution < 1.29 is 23.9 Å². The molecule has 372 valence electrons. The van der Waals surface area contributed by atoms with Crippen LogP contribution >= 0.6 is 0 Å². The number of para-hydroxylation sites is 1. The minimum Gasteiger partial charge on any atom is -0.457 e. The van der Waals surface area contributed by atoms with E-state index in [4.69, 9.17) is 21.6 Å². The summed E-state index contributed by atoms with van der Waals surface area (Å²) in [5.41, 5.74) is 15.7. The van der Waals surface area contributed by atoms with Crippen molar-refractivity contribution in [2.45, 2.75) is 70.5 Å². The predicted octanol–water partition coefficient (Wildman–Crippen LogP) is 4.74. The van der Waals surface area contributed by atoms with Crippen LogP contribution in [-0.2, 0) is 16.1 Å². The summed E-state index contributed by atoms with van der Waals surface area (Å²) in [6.07, 6.45) is 8.67. The maximum atomic E-state index is 13.3. The van der Waals surface area contributed by atoms with Gasteiger partial charge in [-0.3, -0.25) is 34.9 Å². The first-order valence-electron chi connectivity index (χ1n) is 25.0. The number of urea groups is 1. The summed E-state index contributed by atoms with van der Waals surface area (Å²) in [5, 5.41) is 10.4. The van der Waals surface area contributed by atoms with Gasteiger partial charge in [0.2, 0.25) is 12.3 Å². The Morgan fingerprint density at radius 3 is 2.04 bits per heavy atom. The number of fused-ring (bicyclic) bond motifs is 1. The zero-order valence-corrected chi connectivity index (χ0v) is 40.5. The number of benzene rings is 3. The van der Waals surface area contributed by atoms with Gasteiger partial charge in [-0.2, -0.15) is 0 Å². The quantitative estimate of drug-likeness (QED) is 0.0995. The summed E-state index contributed by atoms with van der Waals surface area (Å²) >= 11 is 0. The molecule has 1 unspecified atom stereocenters. The Hall–Kier alpha value is -6.63. The fraction of sp³-hybridized carbons (Fsp3) is 0.481. The van der Waals surface area contributed by atoms with Gasteiger partial charge in [0, 0.05) is 120 Å². The van der Waals surface area contributed by atoms with Crippen molar-refractivity contribution in [2.24, 2.45) is 0 Å². The van der Waals surface area contributed by atoms with E-state index in [1.807, 2.05) is 48.2 Å². The molecule has 0 spiro atoms. The van der Waals surface area contributed by atoms with Crippen LogP contribution in [0, 0.1) is 5.41 Å². The molecule has 4 aromatic rings. The molecular weight excluding hydrogens is 887 g/mol. The van der Waals surface area contributed by atoms with E-state index in [-0.39, 0.29) is 47.7 Å². The van der Waals surface area contributed by atoms with Crippen molar-refractivity contribution in [1.82, 2.24) is 44.7 Å². The highest BCUT2D eigenvalue weighted by Crippen LogP contribution is 2.31. The van der Waals surface area contributed by atoms with Crippen molar-refractivity contribution >= 4 is 47.3 Å². The third kappa shape index (κ3) is 12.6. The topological polar surface area (TPSA) is 214 Å². The molecule has 0 radical (unpaired) electrons. The van der Waals surface area contributed by atoms with Crippen molar-refractivity contribution in [3.05, 3.63) is 101 Å². The Labute approximate surface area is 411 Å². The lowest BCUT2D eigenvalue weighted by molar-refractivity contribution is -0.125. The molecule has 4 saturated heterocycles. The summed E-state index contributed by atoms with van der Waals surface area (Å²) in [6, 6.07) is 23.6. The third-order valence-electron chi connectivity index (χ3n) is 14.5. The fourth-order valence-electron chi connectivity index (χ4n) is 10.2. The lowest BCUT2D eigenvalue weighted by atomic mass is 10.00. The number of piperazine rings is 2. The van der Waals surface area contributed by atoms with E-state index in [0.717, 1.165) is 114 Å². The summed E-state index contributed by atoms with van der Waals surface area (Å²) in [6.45, 7) is 16.3. The van der Waals surface area contributed by atoms with E-state index in [1.54, 1.807) is 24.3 Å². The number of amides is 5. The number of aromatic nitrogens is 2. The SMILES string of the molecule is CC(CCC(=O)NC=O)N1Cc2cc(N3CCN(CCN4CCN(C(=O)N5CCC(N6CCCCC6)CC5)CC4)CC3)ccc2C1=O.N=C(c1ccc(Oc2ccccc2)cc1)c1c(N)ncnc1N. The van der Waals surface area contributed by atoms with Gasteiger partial charge in [0.1, 0.15) is 29.5 Å². The normalized spacial score (nSPS) is 18.7. The van der Waals surface area contributed by atoms with Crippen molar-refractivity contribution in [2.75, 3.05) is 108 Å². The predicted molar refractivity (Wildman–Crippen MR) is 271 cm³/mol. The third-order valence-corrected chi connectivity index (χ3v) is 14.5. The Morgan fingerprint density at radius 2 is 1.40 bits per heavy atom. The molecule has 70 heavy (non-hydrogen) atoms. The Morgan fingerprint density at radius 1 is 0.786 bits per heavy atom. The van der Waals surface area contributed by atoms with Crippen LogP contribution in [0.5, 0.6) is 11.5 Å². The molecule has 0 bridgehead atoms. The molecule has 4 fully saturated rings. The lowest BCUT2D eigenvalue weighted by Gasteiger charge is -2.43. The molecule has 5 aliphatic heterocycles. The highest BCUT2D eigenvalue weighted by atomic mass is 16.5. The fourth-order valence-corrected chi connectivity index (χ4v) is 10.2. The smallest absolute Gasteiger partial charge is 0.320 e. The number of imide groups is 1. The summed E-state index contributed by atoms with van der Waals surface area (Å²) in [4.78, 5) is 72.4. The Balaban J connectivity index is 0.000000239. The van der Waals surface area contributed by atoms with Gasteiger partial charge in [0.05, 0.1) is 11.3 Å². The summed E-state index contributed by atoms with van der Waals surface area (Å²) in [5.74, 6) is 1.50. The van der Waals surface area contributed by atoms with E-state index >= 15 is 0 Å². The minimum absolute atomic E-state index is 0.0118. The van der Waals surface area contributed by atoms with Crippen LogP contribution < -0.4 is 26.4 Å². The van der Waals surface area contributed by atoms with Crippen LogP contribution in [-0.4, -0.2) is 173 Å². The maximum Gasteiger partial charge on any atom is 0.320 e. The van der Waals surface area contributed by atoms with Crippen molar-refractivity contribution in [1.29, 1.82) is 5.41 Å². The number of ether oxygens (including phenoxy) is 1. The molecule has 6 heterocycles. The molecule has 5 amide bonds. The van der Waals surface area contributed by atoms with Gasteiger partial charge in [-0.05, 0) is 112 Å². The summed E-state index contributed by atoms with van der Waals surface area (Å²) < 4.78 is 5.72. The number of nitrogens with zero attached hydrogens (tertiary/aromatic N) is 9. The lowest BCUT2D eigenvalue weighted by Crippen LogP contribution is -2.56. The highest BCUT2D eigenvalue weighted by molar-refractivity contribution is 6.16. The van der Waals surface area contributed by atoms with Gasteiger partial charge in [-0.1, -0.05) is 24.6 Å². The second-order valence-corrected chi connectivity index (χ2v) is 18.9. The van der Waals surface area contributed by atoms with Crippen LogP contribution in [0.4, 0.5) is 22.1 Å². The maximum absolute atomic E-state index is 13.3. The molecule has 18 heteroatoms. The second kappa shape index (κ2) is 23.8. The van der Waals surface area contributed by atoms with Crippen molar-refractivity contribution in [3.63, 3.8) is 0 Å². The van der Waals surface area contributed by atoms with E-state index in [1.165, 1.54) is 38.7 Å². The average Bonchev–Trinajstić information content (AvgIpc) is 3.73. The highest BCUT2D eigenvalue weighted by Gasteiger charge is 2.33. The molecule has 9 rings (SSSR count). The minimum atomic E-state index is -0.319. The first-order chi connectivity index (χ1) is 34.0. The first-order valence-corrected chi connectivity index (χ1v) is 25.0. The Bertz CT molecular complexity index is 2390. The van der Waals surface area contributed by atoms with Crippen LogP contribution in [0.25, 0.3) is 0 Å². The molecule has 0 saturated carbocycles. The van der Waals surface area contributed by atoms with E-state index in [9.17, 15) is 19.2 Å². The van der Waals surface area contributed by atoms with Crippen LogP contribution in [0.3, 0.4) is 0 Å². The molecule has 6 N–H and O–H groups in total. The van der Waals surface area contributed by atoms with Crippen LogP contribution in [0.2, 0.25) is 0 Å². The molecule has 1 atom stereocenters. The number of hydrogen-bond acceptors (Lipinski definition) is 14. The number of nitrogens with one attached hydrogen (secondary N) is 2. The number of piperidine rings is 2. The van der Waals surface area contributed by atoms with Crippen LogP contribution in [0.15, 0.2) is 79.1 Å². The number of rotatable bonds is 14. The molecule has 3 aromatic carbocycles. The summed E-state index contributed by atoms with van der Waals surface area (Å²) in [7, 11) is 0. The number of carbonyl (C=O) groups is 4. The largest absolute Gasteiger partial charge is 0.457 e. The number of nitrogens with two attached hydrogens (primary N) is 2. The van der Waals surface area contributed by atoms with E-state index < -0.39 is 0 Å². The van der Waals surface area contributed by atoms with Gasteiger partial charge < -0.3 is 40.7 Å². The van der Waals surface area contributed by atoms with E-state index in [2.05, 4.69) is 56.8 Å². The van der Waals surface area contributed by atoms with Gasteiger partial charge in [-0.25, -0.2) is 14.8 Å². The molecule has 0 aliphatic carbocycles. The zero-order chi connectivity index (χ0) is 49.0. The number of anilines is 3. The Kier molecular flexibility index (Phi) is 16.9. The first kappa shape index (κ1) is 49.8. The van der Waals surface area contributed by atoms with Crippen LogP contribution in [0.1, 0.15) is 78.9 Å². The number of hydrogen-bond donors (Lipinski definition) is 4. The van der Waals surface area contributed by atoms with Gasteiger partial charge in [0.25, 0.3) is 5.91 Å². The standard InChI is InChI=1S/C35H54N8O4.C17H15N5O/c1-28(5-8-33(45)36-27-44)43-26-29-25-31(6-7-32(29)34(43)46)40-21-17-37(18-22-40)15-16-38-19-23-42(24-20-38)35(47)41-13-9-30(10-14-41)39-11-3-2-4-12-39;18-15(14-16(19)21-10-22-17(14)20)11-6-8-13(9-7-11)23-12-4-2-1-3-5-12/h6-7,25,27-28,30H,2-5,8-24,26H2,1H3,(H,36,44,45);1-10,18H,(H4,19,20,21,22). The average molecular weight is 956 g/mol. The molecular formula is C52H69N13O5. The van der Waals surface area contributed by atoms with E-state index in [0.29, 0.717) is 42.3 Å². The number of likely N-dealkylation sites (tertiary alicyclic amines) is 2. The molecule has 1 aromatic heterocycles. The monoisotopic (exact) mass is 956 g/mol. The van der Waals surface area contributed by atoms with Gasteiger partial charge in [0.15, 0.2) is 0 Å². The van der Waals surface area contributed by atoms with Gasteiger partial charge in [-0.15, -0.1) is 0 Å².